The number of nitrogens with one attached hydrogen (secondary N) is 1. The fourth-order valence-corrected chi connectivity index (χ4v) is 6.32. The van der Waals surface area contributed by atoms with E-state index in [4.69, 9.17) is 11.6 Å². The Balaban J connectivity index is 1.71. The Morgan fingerprint density at radius 1 is 0.927 bits per heavy atom. The molecule has 0 bridgehead atoms. The molecule has 0 heterocycles. The summed E-state index contributed by atoms with van der Waals surface area (Å²) in [4.78, 5) is 29.6. The maximum absolute atomic E-state index is 14.2. The zero-order valence-corrected chi connectivity index (χ0v) is 25.2. The van der Waals surface area contributed by atoms with Gasteiger partial charge in [0.05, 0.1) is 11.9 Å². The number of carbonyl (C=O) groups excluding carboxylic acids is 2. The van der Waals surface area contributed by atoms with Gasteiger partial charge in [0.15, 0.2) is 0 Å². The molecule has 1 fully saturated rings. The molecule has 1 N–H and O–H groups in total. The first-order valence-corrected chi connectivity index (χ1v) is 16.3. The van der Waals surface area contributed by atoms with Gasteiger partial charge in [-0.25, -0.2) is 8.42 Å². The first kappa shape index (κ1) is 30.6. The number of anilines is 1. The quantitative estimate of drug-likeness (QED) is 0.317. The van der Waals surface area contributed by atoms with Gasteiger partial charge in [0.2, 0.25) is 21.8 Å². The fraction of sp³-hybridized carbons (Fsp3) is 0.375. The van der Waals surface area contributed by atoms with Gasteiger partial charge >= 0.3 is 0 Å². The lowest BCUT2D eigenvalue weighted by atomic mass is 9.94. The van der Waals surface area contributed by atoms with Crippen molar-refractivity contribution in [1.82, 2.24) is 10.2 Å². The lowest BCUT2D eigenvalue weighted by molar-refractivity contribution is -0.140. The van der Waals surface area contributed by atoms with Crippen molar-refractivity contribution >= 4 is 39.1 Å². The SMILES string of the molecule is Cc1ccc(N(CC(=O)N(Cc2cccc(Cl)c2)[C@@H](Cc2ccccc2)C(=O)NC2CCCCC2)S(C)(=O)=O)cc1. The minimum Gasteiger partial charge on any atom is -0.352 e. The summed E-state index contributed by atoms with van der Waals surface area (Å²) in [7, 11) is -3.80. The summed E-state index contributed by atoms with van der Waals surface area (Å²) >= 11 is 6.28. The van der Waals surface area contributed by atoms with Crippen LogP contribution in [0.5, 0.6) is 0 Å². The van der Waals surface area contributed by atoms with Crippen LogP contribution >= 0.6 is 11.6 Å². The zero-order chi connectivity index (χ0) is 29.4. The Hall–Kier alpha value is -3.36. The van der Waals surface area contributed by atoms with Crippen molar-refractivity contribution in [3.05, 3.63) is 101 Å². The monoisotopic (exact) mass is 595 g/mol. The highest BCUT2D eigenvalue weighted by molar-refractivity contribution is 7.92. The third kappa shape index (κ3) is 8.81. The average molecular weight is 596 g/mol. The number of hydrogen-bond acceptors (Lipinski definition) is 4. The Morgan fingerprint density at radius 3 is 2.22 bits per heavy atom. The maximum atomic E-state index is 14.2. The molecule has 1 saturated carbocycles. The Bertz CT molecular complexity index is 1420. The highest BCUT2D eigenvalue weighted by Gasteiger charge is 2.34. The van der Waals surface area contributed by atoms with E-state index >= 15 is 0 Å². The summed E-state index contributed by atoms with van der Waals surface area (Å²) in [6.45, 7) is 1.57. The van der Waals surface area contributed by atoms with E-state index in [1.54, 1.807) is 42.5 Å². The van der Waals surface area contributed by atoms with Gasteiger partial charge in [-0.1, -0.05) is 91.0 Å². The van der Waals surface area contributed by atoms with Crippen LogP contribution in [0.15, 0.2) is 78.9 Å². The summed E-state index contributed by atoms with van der Waals surface area (Å²) < 4.78 is 26.9. The second-order valence-corrected chi connectivity index (χ2v) is 13.1. The molecule has 2 amide bonds. The van der Waals surface area contributed by atoms with E-state index < -0.39 is 28.5 Å². The summed E-state index contributed by atoms with van der Waals surface area (Å²) in [6.07, 6.45) is 6.44. The van der Waals surface area contributed by atoms with Crippen LogP contribution in [0.3, 0.4) is 0 Å². The molecule has 0 unspecified atom stereocenters. The Morgan fingerprint density at radius 2 is 1.59 bits per heavy atom. The van der Waals surface area contributed by atoms with Crippen LogP contribution in [-0.4, -0.2) is 50.0 Å². The van der Waals surface area contributed by atoms with Gasteiger partial charge in [-0.2, -0.15) is 0 Å². The van der Waals surface area contributed by atoms with Gasteiger partial charge in [-0.15, -0.1) is 0 Å². The largest absolute Gasteiger partial charge is 0.352 e. The van der Waals surface area contributed by atoms with E-state index in [0.29, 0.717) is 10.7 Å². The molecule has 0 radical (unpaired) electrons. The summed E-state index contributed by atoms with van der Waals surface area (Å²) in [5.74, 6) is -0.715. The Labute approximate surface area is 248 Å². The van der Waals surface area contributed by atoms with E-state index in [2.05, 4.69) is 5.32 Å². The van der Waals surface area contributed by atoms with Crippen molar-refractivity contribution in [2.75, 3.05) is 17.1 Å². The van der Waals surface area contributed by atoms with Crippen molar-refractivity contribution in [2.45, 2.75) is 64.1 Å². The first-order chi connectivity index (χ1) is 19.6. The maximum Gasteiger partial charge on any atom is 0.244 e. The Kier molecular flexibility index (Phi) is 10.5. The fourth-order valence-electron chi connectivity index (χ4n) is 5.26. The molecule has 41 heavy (non-hydrogen) atoms. The van der Waals surface area contributed by atoms with E-state index in [-0.39, 0.29) is 24.9 Å². The van der Waals surface area contributed by atoms with E-state index in [9.17, 15) is 18.0 Å². The van der Waals surface area contributed by atoms with Crippen LogP contribution in [0.25, 0.3) is 0 Å². The number of aryl methyl sites for hydroxylation is 1. The van der Waals surface area contributed by atoms with Crippen molar-refractivity contribution in [3.63, 3.8) is 0 Å². The van der Waals surface area contributed by atoms with Crippen LogP contribution in [0.4, 0.5) is 5.69 Å². The number of rotatable bonds is 11. The van der Waals surface area contributed by atoms with Crippen molar-refractivity contribution in [1.29, 1.82) is 0 Å². The molecule has 1 aliphatic carbocycles. The molecule has 3 aromatic carbocycles. The van der Waals surface area contributed by atoms with Gasteiger partial charge in [-0.05, 0) is 55.2 Å². The molecular weight excluding hydrogens is 558 g/mol. The highest BCUT2D eigenvalue weighted by atomic mass is 35.5. The zero-order valence-electron chi connectivity index (χ0n) is 23.6. The molecule has 218 valence electrons. The van der Waals surface area contributed by atoms with Crippen LogP contribution in [-0.2, 0) is 32.6 Å². The number of amides is 2. The second kappa shape index (κ2) is 14.0. The smallest absolute Gasteiger partial charge is 0.244 e. The first-order valence-electron chi connectivity index (χ1n) is 14.0. The average Bonchev–Trinajstić information content (AvgIpc) is 2.94. The molecule has 1 atom stereocenters. The van der Waals surface area contributed by atoms with Gasteiger partial charge in [0.1, 0.15) is 12.6 Å². The molecule has 4 rings (SSSR count). The molecule has 0 aromatic heterocycles. The summed E-state index contributed by atoms with van der Waals surface area (Å²) in [5, 5.41) is 3.72. The topological polar surface area (TPSA) is 86.8 Å². The standard InChI is InChI=1S/C32H38ClN3O4S/c1-24-16-18-29(19-17-24)36(41(2,39)40)23-31(37)35(22-26-12-9-13-27(33)20-26)30(21-25-10-5-3-6-11-25)32(38)34-28-14-7-4-8-15-28/h3,5-6,9-13,16-20,28,30H,4,7-8,14-15,21-23H2,1-2H3,(H,34,38)/t30-/m0/s1. The molecule has 0 aliphatic heterocycles. The van der Waals surface area contributed by atoms with E-state index in [1.165, 1.54) is 4.90 Å². The number of benzene rings is 3. The minimum absolute atomic E-state index is 0.0534. The number of nitrogens with zero attached hydrogens (tertiary/aromatic N) is 2. The van der Waals surface area contributed by atoms with Gasteiger partial charge in [-0.3, -0.25) is 13.9 Å². The van der Waals surface area contributed by atoms with E-state index in [0.717, 1.165) is 59.4 Å². The van der Waals surface area contributed by atoms with Gasteiger partial charge in [0.25, 0.3) is 0 Å². The minimum atomic E-state index is -3.80. The number of halogens is 1. The number of hydrogen-bond donors (Lipinski definition) is 1. The molecule has 3 aromatic rings. The van der Waals surface area contributed by atoms with Crippen molar-refractivity contribution in [2.24, 2.45) is 0 Å². The van der Waals surface area contributed by atoms with E-state index in [1.807, 2.05) is 43.3 Å². The van der Waals surface area contributed by atoms with Crippen LogP contribution in [0, 0.1) is 6.92 Å². The predicted molar refractivity (Wildman–Crippen MR) is 164 cm³/mol. The normalized spacial score (nSPS) is 14.7. The molecule has 9 heteroatoms. The molecular formula is C32H38ClN3O4S. The lowest BCUT2D eigenvalue weighted by Crippen LogP contribution is -2.55. The van der Waals surface area contributed by atoms with Crippen molar-refractivity contribution in [3.8, 4) is 0 Å². The third-order valence-corrected chi connectivity index (χ3v) is 8.84. The van der Waals surface area contributed by atoms with Gasteiger partial charge in [0, 0.05) is 24.0 Å². The highest BCUT2D eigenvalue weighted by Crippen LogP contribution is 2.23. The van der Waals surface area contributed by atoms with Crippen LogP contribution in [0.1, 0.15) is 48.8 Å². The summed E-state index contributed by atoms with van der Waals surface area (Å²) in [6, 6.07) is 22.9. The second-order valence-electron chi connectivity index (χ2n) is 10.8. The molecule has 7 nitrogen and oxygen atoms in total. The van der Waals surface area contributed by atoms with Crippen LogP contribution in [0.2, 0.25) is 5.02 Å². The summed E-state index contributed by atoms with van der Waals surface area (Å²) in [5.41, 5.74) is 3.01. The number of sulfonamides is 1. The lowest BCUT2D eigenvalue weighted by Gasteiger charge is -2.35. The van der Waals surface area contributed by atoms with Gasteiger partial charge < -0.3 is 10.2 Å². The van der Waals surface area contributed by atoms with Crippen LogP contribution < -0.4 is 9.62 Å². The third-order valence-electron chi connectivity index (χ3n) is 7.47. The predicted octanol–water partition coefficient (Wildman–Crippen LogP) is 5.50. The number of carbonyl (C=O) groups is 2. The molecule has 0 spiro atoms. The van der Waals surface area contributed by atoms with Crippen molar-refractivity contribution < 1.29 is 18.0 Å². The molecule has 0 saturated heterocycles. The molecule has 1 aliphatic rings.